The van der Waals surface area contributed by atoms with Crippen molar-refractivity contribution in [3.8, 4) is 6.07 Å². The number of fused-ring (bicyclic) bond motifs is 1. The van der Waals surface area contributed by atoms with E-state index in [1.807, 2.05) is 42.6 Å². The maximum Gasteiger partial charge on any atom is 0.262 e. The molecule has 0 saturated heterocycles. The highest BCUT2D eigenvalue weighted by Gasteiger charge is 2.11. The minimum Gasteiger partial charge on any atom is -0.349 e. The maximum atomic E-state index is 11.9. The van der Waals surface area contributed by atoms with Gasteiger partial charge in [0.1, 0.15) is 17.3 Å². The van der Waals surface area contributed by atoms with Crippen molar-refractivity contribution in [1.82, 2.24) is 14.7 Å². The summed E-state index contributed by atoms with van der Waals surface area (Å²) in [5, 5.41) is 11.8. The van der Waals surface area contributed by atoms with Crippen LogP contribution in [0.2, 0.25) is 0 Å². The summed E-state index contributed by atoms with van der Waals surface area (Å²) in [6.07, 6.45) is 5.00. The van der Waals surface area contributed by atoms with Crippen LogP contribution in [0.25, 0.3) is 11.7 Å². The highest BCUT2D eigenvalue weighted by atomic mass is 79.9. The van der Waals surface area contributed by atoms with Gasteiger partial charge < -0.3 is 5.32 Å². The summed E-state index contributed by atoms with van der Waals surface area (Å²) in [7, 11) is 0. The molecule has 1 amide bonds. The minimum absolute atomic E-state index is 0.0180. The Morgan fingerprint density at radius 2 is 2.30 bits per heavy atom. The van der Waals surface area contributed by atoms with Crippen LogP contribution in [0.5, 0.6) is 0 Å². The molecule has 2 aromatic rings. The molecular formula is C14H13BrN4O. The normalized spacial score (nSPS) is 11.7. The Balaban J connectivity index is 2.42. The van der Waals surface area contributed by atoms with Gasteiger partial charge in [0.25, 0.3) is 5.91 Å². The molecule has 6 heteroatoms. The van der Waals surface area contributed by atoms with Crippen LogP contribution in [0.15, 0.2) is 34.6 Å². The summed E-state index contributed by atoms with van der Waals surface area (Å²) in [5.41, 5.74) is 1.48. The van der Waals surface area contributed by atoms with Gasteiger partial charge in [-0.15, -0.1) is 0 Å². The fourth-order valence-corrected chi connectivity index (χ4v) is 2.05. The number of carbonyl (C=O) groups excluding carboxylic acids is 1. The standard InChI is InChI=1S/C14H13BrN4O/c1-9(2)18-14(20)10(6-16)5-12-7-17-13-4-3-11(15)8-19(12)13/h3-5,7-9H,1-2H3,(H,18,20)/b10-5+. The topological polar surface area (TPSA) is 70.2 Å². The van der Waals surface area contributed by atoms with E-state index in [-0.39, 0.29) is 17.5 Å². The average molecular weight is 333 g/mol. The van der Waals surface area contributed by atoms with E-state index >= 15 is 0 Å². The highest BCUT2D eigenvalue weighted by Crippen LogP contribution is 2.15. The zero-order valence-electron chi connectivity index (χ0n) is 11.1. The molecule has 0 aliphatic rings. The number of carbonyl (C=O) groups is 1. The zero-order chi connectivity index (χ0) is 14.7. The SMILES string of the molecule is CC(C)NC(=O)/C(C#N)=C/c1cnc2ccc(Br)cn12. The van der Waals surface area contributed by atoms with Gasteiger partial charge in [-0.25, -0.2) is 4.98 Å². The number of aromatic nitrogens is 2. The number of hydrogen-bond donors (Lipinski definition) is 1. The summed E-state index contributed by atoms with van der Waals surface area (Å²) in [6.45, 7) is 3.69. The molecule has 1 N–H and O–H groups in total. The Kier molecular flexibility index (Phi) is 4.20. The van der Waals surface area contributed by atoms with Crippen molar-refractivity contribution in [2.75, 3.05) is 0 Å². The number of amides is 1. The summed E-state index contributed by atoms with van der Waals surface area (Å²) in [6, 6.07) is 5.63. The van der Waals surface area contributed by atoms with Crippen LogP contribution in [0.1, 0.15) is 19.5 Å². The van der Waals surface area contributed by atoms with Crippen LogP contribution in [-0.4, -0.2) is 21.3 Å². The third kappa shape index (κ3) is 3.06. The molecule has 102 valence electrons. The lowest BCUT2D eigenvalue weighted by molar-refractivity contribution is -0.117. The van der Waals surface area contributed by atoms with E-state index in [0.717, 1.165) is 10.1 Å². The lowest BCUT2D eigenvalue weighted by Gasteiger charge is -2.06. The monoisotopic (exact) mass is 332 g/mol. The minimum atomic E-state index is -0.382. The van der Waals surface area contributed by atoms with Crippen molar-refractivity contribution < 1.29 is 4.79 Å². The van der Waals surface area contributed by atoms with Gasteiger partial charge in [0.2, 0.25) is 0 Å². The predicted molar refractivity (Wildman–Crippen MR) is 79.8 cm³/mol. The third-order valence-corrected chi connectivity index (χ3v) is 3.04. The van der Waals surface area contributed by atoms with Crippen molar-refractivity contribution in [3.63, 3.8) is 0 Å². The van der Waals surface area contributed by atoms with Crippen molar-refractivity contribution in [3.05, 3.63) is 40.3 Å². The van der Waals surface area contributed by atoms with Crippen molar-refractivity contribution >= 4 is 33.6 Å². The van der Waals surface area contributed by atoms with Gasteiger partial charge in [0, 0.05) is 16.7 Å². The van der Waals surface area contributed by atoms with E-state index in [4.69, 9.17) is 5.26 Å². The van der Waals surface area contributed by atoms with Crippen LogP contribution in [0.4, 0.5) is 0 Å². The number of nitriles is 1. The quantitative estimate of drug-likeness (QED) is 0.693. The molecule has 0 aliphatic heterocycles. The van der Waals surface area contributed by atoms with Crippen LogP contribution < -0.4 is 5.32 Å². The van der Waals surface area contributed by atoms with E-state index in [1.165, 1.54) is 6.08 Å². The van der Waals surface area contributed by atoms with Gasteiger partial charge >= 0.3 is 0 Å². The smallest absolute Gasteiger partial charge is 0.262 e. The zero-order valence-corrected chi connectivity index (χ0v) is 12.7. The summed E-state index contributed by atoms with van der Waals surface area (Å²) in [4.78, 5) is 16.1. The number of imidazole rings is 1. The molecule has 2 rings (SSSR count). The number of nitrogens with zero attached hydrogens (tertiary/aromatic N) is 3. The van der Waals surface area contributed by atoms with E-state index in [9.17, 15) is 4.79 Å². The fraction of sp³-hybridized carbons (Fsp3) is 0.214. The molecule has 0 radical (unpaired) electrons. The molecule has 0 saturated carbocycles. The van der Waals surface area contributed by atoms with Crippen molar-refractivity contribution in [1.29, 1.82) is 5.26 Å². The lowest BCUT2D eigenvalue weighted by Crippen LogP contribution is -2.30. The molecule has 0 aromatic carbocycles. The van der Waals surface area contributed by atoms with Gasteiger partial charge in [0.15, 0.2) is 0 Å². The number of pyridine rings is 1. The molecule has 20 heavy (non-hydrogen) atoms. The summed E-state index contributed by atoms with van der Waals surface area (Å²) < 4.78 is 2.70. The first-order valence-electron chi connectivity index (χ1n) is 6.06. The lowest BCUT2D eigenvalue weighted by atomic mass is 10.2. The Morgan fingerprint density at radius 1 is 1.55 bits per heavy atom. The first-order chi connectivity index (χ1) is 9.51. The number of hydrogen-bond acceptors (Lipinski definition) is 3. The second kappa shape index (κ2) is 5.88. The Labute approximate surface area is 125 Å². The molecule has 0 bridgehead atoms. The van der Waals surface area contributed by atoms with Crippen LogP contribution in [0.3, 0.4) is 0 Å². The first kappa shape index (κ1) is 14.3. The molecule has 0 atom stereocenters. The van der Waals surface area contributed by atoms with E-state index in [1.54, 1.807) is 6.20 Å². The third-order valence-electron chi connectivity index (χ3n) is 2.58. The van der Waals surface area contributed by atoms with Crippen molar-refractivity contribution in [2.24, 2.45) is 0 Å². The van der Waals surface area contributed by atoms with Gasteiger partial charge in [-0.3, -0.25) is 9.20 Å². The van der Waals surface area contributed by atoms with Crippen molar-refractivity contribution in [2.45, 2.75) is 19.9 Å². The van der Waals surface area contributed by atoms with E-state index < -0.39 is 0 Å². The van der Waals surface area contributed by atoms with E-state index in [2.05, 4.69) is 26.2 Å². The number of nitrogens with one attached hydrogen (secondary N) is 1. The molecule has 0 aliphatic carbocycles. The van der Waals surface area contributed by atoms with Gasteiger partial charge in [-0.05, 0) is 48.0 Å². The fourth-order valence-electron chi connectivity index (χ4n) is 1.72. The molecule has 2 aromatic heterocycles. The summed E-state index contributed by atoms with van der Waals surface area (Å²) >= 11 is 3.38. The van der Waals surface area contributed by atoms with Gasteiger partial charge in [-0.2, -0.15) is 5.26 Å². The number of rotatable bonds is 3. The highest BCUT2D eigenvalue weighted by molar-refractivity contribution is 9.10. The summed E-state index contributed by atoms with van der Waals surface area (Å²) in [5.74, 6) is -0.382. The molecular weight excluding hydrogens is 320 g/mol. The Hall–Kier alpha value is -2.13. The second-order valence-electron chi connectivity index (χ2n) is 4.56. The van der Waals surface area contributed by atoms with Crippen LogP contribution in [-0.2, 0) is 4.79 Å². The molecule has 0 fully saturated rings. The van der Waals surface area contributed by atoms with E-state index in [0.29, 0.717) is 5.69 Å². The maximum absolute atomic E-state index is 11.9. The molecule has 5 nitrogen and oxygen atoms in total. The molecule has 0 unspecified atom stereocenters. The number of halogens is 1. The molecule has 0 spiro atoms. The van der Waals surface area contributed by atoms with Crippen LogP contribution in [0, 0.1) is 11.3 Å². The Morgan fingerprint density at radius 3 is 2.95 bits per heavy atom. The molecule has 2 heterocycles. The first-order valence-corrected chi connectivity index (χ1v) is 6.86. The largest absolute Gasteiger partial charge is 0.349 e. The van der Waals surface area contributed by atoms with Gasteiger partial charge in [0.05, 0.1) is 11.9 Å². The second-order valence-corrected chi connectivity index (χ2v) is 5.47. The average Bonchev–Trinajstić information content (AvgIpc) is 2.77. The van der Waals surface area contributed by atoms with Crippen LogP contribution >= 0.6 is 15.9 Å². The van der Waals surface area contributed by atoms with Gasteiger partial charge in [-0.1, -0.05) is 0 Å². The Bertz CT molecular complexity index is 724. The predicted octanol–water partition coefficient (Wildman–Crippen LogP) is 2.53.